The Labute approximate surface area is 136 Å². The number of amides is 1. The average Bonchev–Trinajstić information content (AvgIpc) is 2.96. The minimum absolute atomic E-state index is 0.0811. The molecule has 23 heavy (non-hydrogen) atoms. The van der Waals surface area contributed by atoms with Gasteiger partial charge in [-0.15, -0.1) is 0 Å². The molecule has 1 N–H and O–H groups in total. The minimum atomic E-state index is 0.0811. The van der Waals surface area contributed by atoms with Gasteiger partial charge in [0.1, 0.15) is 0 Å². The Morgan fingerprint density at radius 1 is 1.52 bits per heavy atom. The van der Waals surface area contributed by atoms with Crippen molar-refractivity contribution in [2.45, 2.75) is 46.2 Å². The Morgan fingerprint density at radius 2 is 2.30 bits per heavy atom. The highest BCUT2D eigenvalue weighted by molar-refractivity contribution is 6.05. The highest BCUT2D eigenvalue weighted by Crippen LogP contribution is 2.23. The SMILES string of the molecule is CCC(C)n1ncc2c(C(=O)N3CCNC(C)C3)cc(C)nc21. The van der Waals surface area contributed by atoms with Gasteiger partial charge in [0, 0.05) is 31.4 Å². The van der Waals surface area contributed by atoms with Gasteiger partial charge in [-0.1, -0.05) is 6.92 Å². The highest BCUT2D eigenvalue weighted by Gasteiger charge is 2.25. The van der Waals surface area contributed by atoms with Crippen LogP contribution in [0, 0.1) is 6.92 Å². The zero-order chi connectivity index (χ0) is 16.6. The minimum Gasteiger partial charge on any atom is -0.336 e. The molecular weight excluding hydrogens is 290 g/mol. The molecule has 0 saturated carbocycles. The van der Waals surface area contributed by atoms with Gasteiger partial charge in [-0.2, -0.15) is 5.10 Å². The smallest absolute Gasteiger partial charge is 0.254 e. The van der Waals surface area contributed by atoms with E-state index in [4.69, 9.17) is 0 Å². The molecule has 0 radical (unpaired) electrons. The molecule has 0 aliphatic carbocycles. The van der Waals surface area contributed by atoms with Crippen molar-refractivity contribution in [3.63, 3.8) is 0 Å². The molecule has 0 aromatic carbocycles. The van der Waals surface area contributed by atoms with Crippen LogP contribution >= 0.6 is 0 Å². The fourth-order valence-corrected chi connectivity index (χ4v) is 3.10. The summed E-state index contributed by atoms with van der Waals surface area (Å²) in [5.41, 5.74) is 2.39. The number of aromatic nitrogens is 3. The topological polar surface area (TPSA) is 63.1 Å². The van der Waals surface area contributed by atoms with E-state index in [-0.39, 0.29) is 11.9 Å². The molecule has 1 aliphatic rings. The van der Waals surface area contributed by atoms with Crippen LogP contribution in [0.25, 0.3) is 11.0 Å². The maximum Gasteiger partial charge on any atom is 0.254 e. The number of rotatable bonds is 3. The molecule has 6 heteroatoms. The van der Waals surface area contributed by atoms with Crippen molar-refractivity contribution < 1.29 is 4.79 Å². The number of pyridine rings is 1. The first-order chi connectivity index (χ1) is 11.0. The van der Waals surface area contributed by atoms with E-state index in [1.165, 1.54) is 0 Å². The molecule has 0 bridgehead atoms. The van der Waals surface area contributed by atoms with Gasteiger partial charge in [0.05, 0.1) is 23.2 Å². The molecular formula is C17H25N5O. The zero-order valence-electron chi connectivity index (χ0n) is 14.3. The first-order valence-corrected chi connectivity index (χ1v) is 8.38. The van der Waals surface area contributed by atoms with Crippen LogP contribution in [0.3, 0.4) is 0 Å². The quantitative estimate of drug-likeness (QED) is 0.942. The standard InChI is InChI=1S/C17H25N5O/c1-5-13(4)22-16-15(9-19-22)14(8-11(2)20-16)17(23)21-7-6-18-12(3)10-21/h8-9,12-13,18H,5-7,10H2,1-4H3. The fourth-order valence-electron chi connectivity index (χ4n) is 3.10. The van der Waals surface area contributed by atoms with Gasteiger partial charge in [-0.25, -0.2) is 9.67 Å². The number of piperazine rings is 1. The Balaban J connectivity index is 2.03. The van der Waals surface area contributed by atoms with Gasteiger partial charge in [0.2, 0.25) is 0 Å². The maximum atomic E-state index is 13.0. The number of fused-ring (bicyclic) bond motifs is 1. The molecule has 124 valence electrons. The molecule has 2 unspecified atom stereocenters. The molecule has 6 nitrogen and oxygen atoms in total. The van der Waals surface area contributed by atoms with E-state index in [0.717, 1.165) is 48.3 Å². The van der Waals surface area contributed by atoms with Gasteiger partial charge in [0.15, 0.2) is 5.65 Å². The van der Waals surface area contributed by atoms with E-state index >= 15 is 0 Å². The van der Waals surface area contributed by atoms with Gasteiger partial charge < -0.3 is 10.2 Å². The van der Waals surface area contributed by atoms with E-state index in [0.29, 0.717) is 6.04 Å². The second-order valence-electron chi connectivity index (χ2n) is 6.50. The predicted octanol–water partition coefficient (Wildman–Crippen LogP) is 2.14. The number of aryl methyl sites for hydroxylation is 1. The summed E-state index contributed by atoms with van der Waals surface area (Å²) in [6.45, 7) is 10.6. The number of carbonyl (C=O) groups is 1. The number of nitrogens with one attached hydrogen (secondary N) is 1. The maximum absolute atomic E-state index is 13.0. The van der Waals surface area contributed by atoms with Crippen LogP contribution in [0.2, 0.25) is 0 Å². The monoisotopic (exact) mass is 315 g/mol. The van der Waals surface area contributed by atoms with Crippen molar-refractivity contribution in [1.82, 2.24) is 25.0 Å². The van der Waals surface area contributed by atoms with Crippen molar-refractivity contribution in [1.29, 1.82) is 0 Å². The first-order valence-electron chi connectivity index (χ1n) is 8.38. The summed E-state index contributed by atoms with van der Waals surface area (Å²) in [6.07, 6.45) is 2.76. The lowest BCUT2D eigenvalue weighted by Crippen LogP contribution is -2.51. The molecule has 1 fully saturated rings. The molecule has 1 saturated heterocycles. The fraction of sp³-hybridized carbons (Fsp3) is 0.588. The van der Waals surface area contributed by atoms with E-state index in [1.54, 1.807) is 6.20 Å². The second-order valence-corrected chi connectivity index (χ2v) is 6.50. The van der Waals surface area contributed by atoms with Crippen LogP contribution in [0.4, 0.5) is 0 Å². The van der Waals surface area contributed by atoms with E-state index in [9.17, 15) is 4.79 Å². The van der Waals surface area contributed by atoms with E-state index in [2.05, 4.69) is 36.2 Å². The Morgan fingerprint density at radius 3 is 3.00 bits per heavy atom. The number of carbonyl (C=O) groups excluding carboxylic acids is 1. The van der Waals surface area contributed by atoms with Crippen molar-refractivity contribution >= 4 is 16.9 Å². The van der Waals surface area contributed by atoms with Gasteiger partial charge in [-0.05, 0) is 33.3 Å². The van der Waals surface area contributed by atoms with Crippen molar-refractivity contribution in [3.8, 4) is 0 Å². The molecule has 2 aromatic heterocycles. The summed E-state index contributed by atoms with van der Waals surface area (Å²) in [7, 11) is 0. The molecule has 0 spiro atoms. The van der Waals surface area contributed by atoms with Crippen LogP contribution < -0.4 is 5.32 Å². The van der Waals surface area contributed by atoms with Crippen LogP contribution in [-0.4, -0.2) is 51.2 Å². The average molecular weight is 315 g/mol. The predicted molar refractivity (Wildman–Crippen MR) is 90.6 cm³/mol. The number of hydrogen-bond donors (Lipinski definition) is 1. The summed E-state index contributed by atoms with van der Waals surface area (Å²) in [5.74, 6) is 0.0811. The molecule has 2 aromatic rings. The molecule has 1 amide bonds. The number of hydrogen-bond acceptors (Lipinski definition) is 4. The molecule has 3 rings (SSSR count). The first kappa shape index (κ1) is 15.9. The highest BCUT2D eigenvalue weighted by atomic mass is 16.2. The summed E-state index contributed by atoms with van der Waals surface area (Å²) in [4.78, 5) is 19.5. The lowest BCUT2D eigenvalue weighted by atomic mass is 10.1. The third kappa shape index (κ3) is 2.95. The summed E-state index contributed by atoms with van der Waals surface area (Å²) in [6, 6.07) is 2.48. The van der Waals surface area contributed by atoms with Crippen molar-refractivity contribution in [2.75, 3.05) is 19.6 Å². The van der Waals surface area contributed by atoms with Crippen LogP contribution in [-0.2, 0) is 0 Å². The summed E-state index contributed by atoms with van der Waals surface area (Å²) in [5, 5.41) is 8.71. The van der Waals surface area contributed by atoms with Crippen molar-refractivity contribution in [3.05, 3.63) is 23.5 Å². The van der Waals surface area contributed by atoms with E-state index in [1.807, 2.05) is 22.6 Å². The van der Waals surface area contributed by atoms with Crippen LogP contribution in [0.1, 0.15) is 49.3 Å². The molecule has 3 heterocycles. The Bertz CT molecular complexity index is 723. The normalized spacial score (nSPS) is 20.0. The molecule has 1 aliphatic heterocycles. The Kier molecular flexibility index (Phi) is 4.35. The second kappa shape index (κ2) is 6.28. The lowest BCUT2D eigenvalue weighted by Gasteiger charge is -2.32. The lowest BCUT2D eigenvalue weighted by molar-refractivity contribution is 0.0711. The largest absolute Gasteiger partial charge is 0.336 e. The third-order valence-electron chi connectivity index (χ3n) is 4.59. The summed E-state index contributed by atoms with van der Waals surface area (Å²) >= 11 is 0. The Hall–Kier alpha value is -1.95. The van der Waals surface area contributed by atoms with Crippen molar-refractivity contribution in [2.24, 2.45) is 0 Å². The van der Waals surface area contributed by atoms with Crippen LogP contribution in [0.5, 0.6) is 0 Å². The van der Waals surface area contributed by atoms with Gasteiger partial charge in [0.25, 0.3) is 5.91 Å². The summed E-state index contributed by atoms with van der Waals surface area (Å²) < 4.78 is 1.93. The van der Waals surface area contributed by atoms with Gasteiger partial charge >= 0.3 is 0 Å². The number of nitrogens with zero attached hydrogens (tertiary/aromatic N) is 4. The third-order valence-corrected chi connectivity index (χ3v) is 4.59. The van der Waals surface area contributed by atoms with E-state index < -0.39 is 0 Å². The van der Waals surface area contributed by atoms with Crippen LogP contribution in [0.15, 0.2) is 12.3 Å². The zero-order valence-corrected chi connectivity index (χ0v) is 14.3. The van der Waals surface area contributed by atoms with Gasteiger partial charge in [-0.3, -0.25) is 4.79 Å². The molecule has 2 atom stereocenters.